The number of hydrogen-bond acceptors (Lipinski definition) is 1. The van der Waals surface area contributed by atoms with Gasteiger partial charge in [0.2, 0.25) is 5.39 Å². The molecule has 1 aromatic carbocycles. The number of rotatable bonds is 0. The summed E-state index contributed by atoms with van der Waals surface area (Å²) in [6.45, 7) is 0. The molecule has 1 aromatic rings. The van der Waals surface area contributed by atoms with Gasteiger partial charge in [0.1, 0.15) is 0 Å². The van der Waals surface area contributed by atoms with Crippen LogP contribution in [0.2, 0.25) is 0 Å². The second-order valence-electron chi connectivity index (χ2n) is 1.36. The van der Waals surface area contributed by atoms with Gasteiger partial charge in [-0.1, -0.05) is 0 Å². The van der Waals surface area contributed by atoms with Gasteiger partial charge in [0.15, 0.2) is 4.98 Å². The molecule has 0 heterocycles. The van der Waals surface area contributed by atoms with E-state index in [9.17, 15) is 0 Å². The molecule has 0 saturated heterocycles. The smallest absolute Gasteiger partial charge is 0.0463 e. The minimum atomic E-state index is 0.559. The molecule has 8 heavy (non-hydrogen) atoms. The number of benzene rings is 1. The summed E-state index contributed by atoms with van der Waals surface area (Å²) in [5.41, 5.74) is 0.559. The zero-order valence-corrected chi connectivity index (χ0v) is 4.20. The summed E-state index contributed by atoms with van der Waals surface area (Å²) in [5.74, 6) is 0. The topological polar surface area (TPSA) is 28.1 Å². The molecule has 0 saturated carbocycles. The van der Waals surface area contributed by atoms with E-state index in [0.29, 0.717) is 5.69 Å². The minimum absolute atomic E-state index is 0.559. The first-order valence-corrected chi connectivity index (χ1v) is 2.24. The van der Waals surface area contributed by atoms with Gasteiger partial charge >= 0.3 is 5.69 Å². The van der Waals surface area contributed by atoms with Crippen molar-refractivity contribution in [3.63, 3.8) is 0 Å². The zero-order valence-electron chi connectivity index (χ0n) is 4.20. The van der Waals surface area contributed by atoms with Gasteiger partial charge in [0, 0.05) is 12.1 Å². The third-order valence-electron chi connectivity index (χ3n) is 0.816. The Labute approximate surface area is 47.4 Å². The van der Waals surface area contributed by atoms with E-state index in [-0.39, 0.29) is 0 Å². The molecular weight excluding hydrogens is 100 g/mol. The Morgan fingerprint density at radius 1 is 1.38 bits per heavy atom. The van der Waals surface area contributed by atoms with Gasteiger partial charge in [-0.05, 0) is 18.2 Å². The van der Waals surface area contributed by atoms with Gasteiger partial charge in [-0.2, -0.15) is 0 Å². The second-order valence-corrected chi connectivity index (χ2v) is 1.36. The first kappa shape index (κ1) is 4.79. The molecule has 0 atom stereocenters. The highest BCUT2D eigenvalue weighted by atomic mass is 14.8. The van der Waals surface area contributed by atoms with Crippen molar-refractivity contribution < 1.29 is 0 Å². The van der Waals surface area contributed by atoms with Gasteiger partial charge in [-0.25, -0.2) is 0 Å². The maximum Gasteiger partial charge on any atom is 0.385 e. The predicted molar refractivity (Wildman–Crippen MR) is 30.0 cm³/mol. The molecule has 0 aliphatic carbocycles. The molecule has 0 aromatic heterocycles. The Balaban J connectivity index is 3.05. The second kappa shape index (κ2) is 2.08. The van der Waals surface area contributed by atoms with Crippen LogP contribution in [0, 0.1) is 11.5 Å². The normalized spacial score (nSPS) is 7.88. The molecule has 2 nitrogen and oxygen atoms in total. The van der Waals surface area contributed by atoms with E-state index < -0.39 is 0 Å². The van der Waals surface area contributed by atoms with Crippen LogP contribution >= 0.6 is 0 Å². The summed E-state index contributed by atoms with van der Waals surface area (Å²) in [5, 5.41) is 8.15. The fourth-order valence-corrected chi connectivity index (χ4v) is 0.445. The van der Waals surface area contributed by atoms with E-state index in [1.165, 1.54) is 0 Å². The molecule has 0 aliphatic rings. The molecule has 0 bridgehead atoms. The zero-order chi connectivity index (χ0) is 5.82. The Morgan fingerprint density at radius 2 is 2.00 bits per heavy atom. The first-order valence-electron chi connectivity index (χ1n) is 2.24. The third-order valence-corrected chi connectivity index (χ3v) is 0.816. The largest absolute Gasteiger partial charge is 0.385 e. The number of diazo groups is 1. The molecule has 1 radical (unpaired) electrons. The molecule has 0 fully saturated rings. The molecule has 2 heteroatoms. The molecule has 0 unspecified atom stereocenters. The summed E-state index contributed by atoms with van der Waals surface area (Å²) < 4.78 is 0. The lowest BCUT2D eigenvalue weighted by Gasteiger charge is -1.68. The lowest BCUT2D eigenvalue weighted by Crippen LogP contribution is -1.55. The summed E-state index contributed by atoms with van der Waals surface area (Å²) in [6, 6.07) is 9.51. The van der Waals surface area contributed by atoms with Crippen molar-refractivity contribution in [3.05, 3.63) is 35.3 Å². The van der Waals surface area contributed by atoms with Gasteiger partial charge in [-0.15, -0.1) is 0 Å². The summed E-state index contributed by atoms with van der Waals surface area (Å²) in [6.07, 6.45) is 0. The summed E-state index contributed by atoms with van der Waals surface area (Å²) in [4.78, 5) is 2.95. The average Bonchev–Trinajstić information content (AvgIpc) is 1.90. The Kier molecular flexibility index (Phi) is 1.25. The van der Waals surface area contributed by atoms with Gasteiger partial charge < -0.3 is 0 Å². The van der Waals surface area contributed by atoms with Gasteiger partial charge in [0.25, 0.3) is 0 Å². The quantitative estimate of drug-likeness (QED) is 0.462. The number of hydrogen-bond donors (Lipinski definition) is 0. The van der Waals surface area contributed by atoms with Crippen LogP contribution in [-0.4, -0.2) is 0 Å². The van der Waals surface area contributed by atoms with Crippen LogP contribution in [0.5, 0.6) is 0 Å². The highest BCUT2D eigenvalue weighted by Crippen LogP contribution is 2.07. The Hall–Kier alpha value is -1.36. The highest BCUT2D eigenvalue weighted by molar-refractivity contribution is 5.41. The van der Waals surface area contributed by atoms with Crippen molar-refractivity contribution in [1.29, 1.82) is 5.39 Å². The van der Waals surface area contributed by atoms with E-state index in [2.05, 4.69) is 11.0 Å². The molecule has 0 amide bonds. The first-order chi connectivity index (χ1) is 3.93. The summed E-state index contributed by atoms with van der Waals surface area (Å²) >= 11 is 0. The van der Waals surface area contributed by atoms with Crippen molar-refractivity contribution in [2.24, 2.45) is 0 Å². The van der Waals surface area contributed by atoms with Crippen molar-refractivity contribution in [1.82, 2.24) is 0 Å². The van der Waals surface area contributed by atoms with E-state index >= 15 is 0 Å². The van der Waals surface area contributed by atoms with Crippen LogP contribution in [-0.2, 0) is 0 Å². The SMILES string of the molecule is N#[N+]c1cc[c]cc1. The van der Waals surface area contributed by atoms with Crippen LogP contribution in [0.3, 0.4) is 0 Å². The third kappa shape index (κ3) is 0.824. The van der Waals surface area contributed by atoms with Crippen LogP contribution in [0.4, 0.5) is 5.69 Å². The van der Waals surface area contributed by atoms with E-state index in [1.807, 2.05) is 0 Å². The summed E-state index contributed by atoms with van der Waals surface area (Å²) in [7, 11) is 0. The Morgan fingerprint density at radius 3 is 2.38 bits per heavy atom. The van der Waals surface area contributed by atoms with Crippen molar-refractivity contribution in [3.8, 4) is 0 Å². The van der Waals surface area contributed by atoms with Crippen LogP contribution in [0.1, 0.15) is 0 Å². The van der Waals surface area contributed by atoms with Crippen molar-refractivity contribution >= 4 is 5.69 Å². The minimum Gasteiger partial charge on any atom is -0.0463 e. The fourth-order valence-electron chi connectivity index (χ4n) is 0.445. The van der Waals surface area contributed by atoms with Crippen molar-refractivity contribution in [2.45, 2.75) is 0 Å². The average molecular weight is 104 g/mol. The van der Waals surface area contributed by atoms with E-state index in [1.54, 1.807) is 24.3 Å². The maximum atomic E-state index is 8.15. The van der Waals surface area contributed by atoms with Crippen molar-refractivity contribution in [2.75, 3.05) is 0 Å². The van der Waals surface area contributed by atoms with E-state index in [0.717, 1.165) is 0 Å². The van der Waals surface area contributed by atoms with Crippen LogP contribution in [0.15, 0.2) is 24.3 Å². The fraction of sp³-hybridized carbons (Fsp3) is 0. The maximum absolute atomic E-state index is 8.15. The standard InChI is InChI=1S/C6H4N2/c7-8-6-4-2-1-3-5-6/h2-5H/q+1. The molecular formula is C6H4N2+. The monoisotopic (exact) mass is 104 g/mol. The highest BCUT2D eigenvalue weighted by Gasteiger charge is 1.96. The number of nitrogens with zero attached hydrogens (tertiary/aromatic N) is 2. The Bertz CT molecular complexity index is 198. The molecule has 0 aliphatic heterocycles. The van der Waals surface area contributed by atoms with Crippen LogP contribution in [0.25, 0.3) is 4.98 Å². The predicted octanol–water partition coefficient (Wildman–Crippen LogP) is 1.97. The molecule has 0 N–H and O–H groups in total. The van der Waals surface area contributed by atoms with Gasteiger partial charge in [-0.3, -0.25) is 0 Å². The molecule has 1 rings (SSSR count). The lowest BCUT2D eigenvalue weighted by molar-refractivity contribution is 1.46. The molecule has 0 spiro atoms. The van der Waals surface area contributed by atoms with E-state index in [4.69, 9.17) is 5.39 Å². The lowest BCUT2D eigenvalue weighted by atomic mass is 10.3. The van der Waals surface area contributed by atoms with Crippen LogP contribution < -0.4 is 0 Å². The molecule has 37 valence electrons. The van der Waals surface area contributed by atoms with Gasteiger partial charge in [0.05, 0.1) is 0 Å².